The monoisotopic (exact) mass is 568 g/mol. The Kier molecular flexibility index (Phi) is 9.00. The zero-order chi connectivity index (χ0) is 28.0. The zero-order valence-corrected chi connectivity index (χ0v) is 23.1. The van der Waals surface area contributed by atoms with Crippen molar-refractivity contribution in [3.8, 4) is 0 Å². The van der Waals surface area contributed by atoms with Gasteiger partial charge in [0.25, 0.3) is 0 Å². The first kappa shape index (κ1) is 28.3. The van der Waals surface area contributed by atoms with E-state index < -0.39 is 33.9 Å². The van der Waals surface area contributed by atoms with E-state index in [0.29, 0.717) is 24.3 Å². The summed E-state index contributed by atoms with van der Waals surface area (Å²) in [4.78, 5) is 30.4. The van der Waals surface area contributed by atoms with Gasteiger partial charge in [-0.2, -0.15) is 5.10 Å². The molecule has 6 N–H and O–H groups in total. The molecule has 4 rings (SSSR count). The van der Waals surface area contributed by atoms with Gasteiger partial charge < -0.3 is 21.8 Å². The third kappa shape index (κ3) is 7.02. The average molecular weight is 569 g/mol. The van der Waals surface area contributed by atoms with Crippen LogP contribution in [-0.4, -0.2) is 55.9 Å². The van der Waals surface area contributed by atoms with Crippen molar-refractivity contribution >= 4 is 39.0 Å². The largest absolute Gasteiger partial charge is 0.381 e. The van der Waals surface area contributed by atoms with E-state index in [1.54, 1.807) is 6.07 Å². The van der Waals surface area contributed by atoms with Crippen molar-refractivity contribution in [3.05, 3.63) is 93.7 Å². The Morgan fingerprint density at radius 2 is 1.67 bits per heavy atom. The highest BCUT2D eigenvalue weighted by Gasteiger charge is 2.41. The van der Waals surface area contributed by atoms with E-state index in [1.807, 2.05) is 66.7 Å². The van der Waals surface area contributed by atoms with Gasteiger partial charge in [-0.1, -0.05) is 60.7 Å². The van der Waals surface area contributed by atoms with E-state index in [2.05, 4.69) is 15.1 Å². The number of thiophene rings is 1. The molecule has 0 radical (unpaired) electrons. The zero-order valence-electron chi connectivity index (χ0n) is 21.5. The summed E-state index contributed by atoms with van der Waals surface area (Å²) in [6.45, 7) is 0.601. The average Bonchev–Trinajstić information content (AvgIpc) is 3.61. The molecule has 206 valence electrons. The van der Waals surface area contributed by atoms with Gasteiger partial charge in [0.05, 0.1) is 17.7 Å². The van der Waals surface area contributed by atoms with Crippen LogP contribution in [0.2, 0.25) is 0 Å². The predicted octanol–water partition coefficient (Wildman–Crippen LogP) is 1.68. The quantitative estimate of drug-likeness (QED) is 0.126. The van der Waals surface area contributed by atoms with E-state index in [4.69, 9.17) is 11.6 Å². The number of rotatable bonds is 10. The molecule has 2 aromatic carbocycles. The van der Waals surface area contributed by atoms with Crippen LogP contribution in [0, 0.1) is 0 Å². The van der Waals surface area contributed by atoms with Gasteiger partial charge in [0.15, 0.2) is 5.84 Å². The number of hydrogen-bond donors (Lipinski definition) is 4. The fourth-order valence-electron chi connectivity index (χ4n) is 4.84. The van der Waals surface area contributed by atoms with E-state index in [-0.39, 0.29) is 18.3 Å². The number of nitrogens with one attached hydrogen (secondary N) is 2. The topological polar surface area (TPSA) is 160 Å². The molecule has 0 spiro atoms. The predicted molar refractivity (Wildman–Crippen MR) is 152 cm³/mol. The number of nitrogens with zero attached hydrogens (tertiary/aromatic N) is 2. The number of hydrazone groups is 1. The van der Waals surface area contributed by atoms with Gasteiger partial charge in [0.2, 0.25) is 21.8 Å². The maximum absolute atomic E-state index is 14.1. The minimum atomic E-state index is -3.78. The van der Waals surface area contributed by atoms with E-state index in [9.17, 15) is 18.0 Å². The standard InChI is InChI=1S/C27H32N6O4S2/c1-39(36,37)32-24(23(18-9-4-2-5-10-18)19-11-6-3-7-12-19)27(35)33-16-8-13-21(33)26(34)30-17-20-14-15-22(38-20)25(28)31-29/h2-7,9-12,14-15,21,23-24,32H,8,13,16-17,29H2,1H3,(H2,28,31)(H,30,34)/t21?,24-/m1/s1. The normalized spacial score (nSPS) is 16.8. The van der Waals surface area contributed by atoms with Gasteiger partial charge in [-0.15, -0.1) is 11.3 Å². The molecule has 10 nitrogen and oxygen atoms in total. The van der Waals surface area contributed by atoms with Crippen molar-refractivity contribution in [1.29, 1.82) is 0 Å². The van der Waals surface area contributed by atoms with E-state index >= 15 is 0 Å². The Hall–Kier alpha value is -3.74. The first-order valence-electron chi connectivity index (χ1n) is 12.5. The van der Waals surface area contributed by atoms with Crippen molar-refractivity contribution in [1.82, 2.24) is 14.9 Å². The molecule has 2 amide bonds. The van der Waals surface area contributed by atoms with Crippen LogP contribution in [0.5, 0.6) is 0 Å². The summed E-state index contributed by atoms with van der Waals surface area (Å²) >= 11 is 1.36. The van der Waals surface area contributed by atoms with Crippen LogP contribution in [0.3, 0.4) is 0 Å². The molecule has 0 bridgehead atoms. The van der Waals surface area contributed by atoms with Gasteiger partial charge in [0, 0.05) is 17.3 Å². The van der Waals surface area contributed by atoms with Crippen LogP contribution in [0.15, 0.2) is 77.9 Å². The van der Waals surface area contributed by atoms with Crippen molar-refractivity contribution in [2.45, 2.75) is 37.4 Å². The molecular weight excluding hydrogens is 536 g/mol. The van der Waals surface area contributed by atoms with E-state index in [0.717, 1.165) is 22.3 Å². The minimum absolute atomic E-state index is 0.209. The van der Waals surface area contributed by atoms with Crippen molar-refractivity contribution < 1.29 is 18.0 Å². The maximum atomic E-state index is 14.1. The van der Waals surface area contributed by atoms with Gasteiger partial charge in [0.1, 0.15) is 12.1 Å². The fourth-order valence-corrected chi connectivity index (χ4v) is 6.39. The molecule has 1 saturated heterocycles. The summed E-state index contributed by atoms with van der Waals surface area (Å²) in [5, 5.41) is 6.39. The minimum Gasteiger partial charge on any atom is -0.381 e. The Morgan fingerprint density at radius 1 is 1.05 bits per heavy atom. The molecule has 2 heterocycles. The number of hydrogen-bond acceptors (Lipinski definition) is 7. The highest BCUT2D eigenvalue weighted by Crippen LogP contribution is 2.31. The van der Waals surface area contributed by atoms with Crippen LogP contribution in [-0.2, 0) is 26.2 Å². The van der Waals surface area contributed by atoms with Crippen LogP contribution in [0.25, 0.3) is 0 Å². The summed E-state index contributed by atoms with van der Waals surface area (Å²) < 4.78 is 27.6. The van der Waals surface area contributed by atoms with Crippen LogP contribution < -0.4 is 21.6 Å². The third-order valence-electron chi connectivity index (χ3n) is 6.59. The van der Waals surface area contributed by atoms with Gasteiger partial charge in [-0.3, -0.25) is 9.59 Å². The molecule has 1 aromatic heterocycles. The molecule has 1 aliphatic rings. The lowest BCUT2D eigenvalue weighted by molar-refractivity contribution is -0.140. The summed E-state index contributed by atoms with van der Waals surface area (Å²) in [6.07, 6.45) is 2.14. The summed E-state index contributed by atoms with van der Waals surface area (Å²) in [6, 6.07) is 20.3. The second-order valence-electron chi connectivity index (χ2n) is 9.35. The molecule has 1 fully saturated rings. The summed E-state index contributed by atoms with van der Waals surface area (Å²) in [7, 11) is -3.78. The van der Waals surface area contributed by atoms with Crippen molar-refractivity contribution in [3.63, 3.8) is 0 Å². The molecule has 0 aliphatic carbocycles. The second kappa shape index (κ2) is 12.4. The number of carbonyl (C=O) groups is 2. The highest BCUT2D eigenvalue weighted by molar-refractivity contribution is 7.88. The molecule has 1 unspecified atom stereocenters. The highest BCUT2D eigenvalue weighted by atomic mass is 32.2. The number of carbonyl (C=O) groups excluding carboxylic acids is 2. The van der Waals surface area contributed by atoms with Gasteiger partial charge >= 0.3 is 0 Å². The lowest BCUT2D eigenvalue weighted by atomic mass is 9.84. The SMILES string of the molecule is CS(=O)(=O)N[C@@H](C(=O)N1CCCC1C(=O)NCc1ccc(/C(N)=N/N)s1)C(c1ccccc1)c1ccccc1. The third-order valence-corrected chi connectivity index (χ3v) is 8.38. The number of benzene rings is 2. The van der Waals surface area contributed by atoms with E-state index in [1.165, 1.54) is 16.2 Å². The second-order valence-corrected chi connectivity index (χ2v) is 12.3. The Morgan fingerprint density at radius 3 is 2.23 bits per heavy atom. The molecule has 12 heteroatoms. The molecule has 39 heavy (non-hydrogen) atoms. The molecular formula is C27H32N6O4S2. The fraction of sp³-hybridized carbons (Fsp3) is 0.296. The number of likely N-dealkylation sites (tertiary alicyclic amines) is 1. The number of nitrogens with two attached hydrogens (primary N) is 2. The molecule has 0 saturated carbocycles. The van der Waals surface area contributed by atoms with Gasteiger partial charge in [-0.25, -0.2) is 13.1 Å². The van der Waals surface area contributed by atoms with Crippen molar-refractivity contribution in [2.24, 2.45) is 16.7 Å². The lowest BCUT2D eigenvalue weighted by Gasteiger charge is -2.33. The molecule has 1 aliphatic heterocycles. The number of sulfonamides is 1. The first-order chi connectivity index (χ1) is 18.7. The molecule has 3 aromatic rings. The Balaban J connectivity index is 1.59. The number of amides is 2. The van der Waals surface area contributed by atoms with Crippen LogP contribution in [0.4, 0.5) is 0 Å². The Bertz CT molecular complexity index is 1390. The Labute approximate surface area is 232 Å². The smallest absolute Gasteiger partial charge is 0.243 e. The summed E-state index contributed by atoms with van der Waals surface area (Å²) in [5.74, 6) is 4.11. The van der Waals surface area contributed by atoms with Crippen molar-refractivity contribution in [2.75, 3.05) is 12.8 Å². The summed E-state index contributed by atoms with van der Waals surface area (Å²) in [5.41, 5.74) is 7.32. The lowest BCUT2D eigenvalue weighted by Crippen LogP contribution is -2.55. The van der Waals surface area contributed by atoms with Crippen LogP contribution >= 0.6 is 11.3 Å². The number of amidine groups is 1. The van der Waals surface area contributed by atoms with Gasteiger partial charge in [-0.05, 0) is 36.1 Å². The molecule has 2 atom stereocenters. The maximum Gasteiger partial charge on any atom is 0.243 e. The van der Waals surface area contributed by atoms with Crippen LogP contribution in [0.1, 0.15) is 39.6 Å². The first-order valence-corrected chi connectivity index (χ1v) is 15.2.